The fourth-order valence-corrected chi connectivity index (χ4v) is 3.07. The van der Waals surface area contributed by atoms with Crippen molar-refractivity contribution in [2.45, 2.75) is 44.7 Å². The third-order valence-corrected chi connectivity index (χ3v) is 4.52. The van der Waals surface area contributed by atoms with Crippen LogP contribution in [-0.4, -0.2) is 61.5 Å². The van der Waals surface area contributed by atoms with Crippen LogP contribution < -0.4 is 5.32 Å². The lowest BCUT2D eigenvalue weighted by atomic mass is 9.93. The number of hydrogen-bond donors (Lipinski definition) is 1. The summed E-state index contributed by atoms with van der Waals surface area (Å²) < 4.78 is 0. The van der Waals surface area contributed by atoms with Crippen molar-refractivity contribution in [3.63, 3.8) is 0 Å². The molecule has 1 N–H and O–H groups in total. The molecule has 0 saturated carbocycles. The first kappa shape index (κ1) is 13.8. The quantitative estimate of drug-likeness (QED) is 0.795. The average Bonchev–Trinajstić information content (AvgIpc) is 2.39. The molecule has 2 rings (SSSR count). The standard InChI is InChI=1S/C14H27N3O/c1-11-4-5-12(10-15-11)14(18)17-8-6-13(7-9-17)16(2)3/h11-13,15H,4-10H2,1-3H3. The Balaban J connectivity index is 1.80. The van der Waals surface area contributed by atoms with E-state index in [9.17, 15) is 4.79 Å². The highest BCUT2D eigenvalue weighted by Gasteiger charge is 2.30. The summed E-state index contributed by atoms with van der Waals surface area (Å²) in [5.74, 6) is 0.601. The maximum Gasteiger partial charge on any atom is 0.226 e. The topological polar surface area (TPSA) is 35.6 Å². The number of carbonyl (C=O) groups excluding carboxylic acids is 1. The van der Waals surface area contributed by atoms with Crippen LogP contribution >= 0.6 is 0 Å². The number of hydrogen-bond acceptors (Lipinski definition) is 3. The van der Waals surface area contributed by atoms with Gasteiger partial charge in [-0.05, 0) is 46.7 Å². The number of likely N-dealkylation sites (tertiary alicyclic amines) is 1. The van der Waals surface area contributed by atoms with Crippen LogP contribution in [0.3, 0.4) is 0 Å². The third-order valence-electron chi connectivity index (χ3n) is 4.52. The monoisotopic (exact) mass is 253 g/mol. The molecule has 2 unspecified atom stereocenters. The van der Waals surface area contributed by atoms with Gasteiger partial charge in [-0.2, -0.15) is 0 Å². The van der Waals surface area contributed by atoms with Gasteiger partial charge in [0.2, 0.25) is 5.91 Å². The predicted octanol–water partition coefficient (Wildman–Crippen LogP) is 0.927. The second kappa shape index (κ2) is 6.02. The molecule has 104 valence electrons. The first-order chi connectivity index (χ1) is 8.58. The molecular formula is C14H27N3O. The molecule has 2 aliphatic heterocycles. The predicted molar refractivity (Wildman–Crippen MR) is 73.5 cm³/mol. The summed E-state index contributed by atoms with van der Waals surface area (Å²) in [6, 6.07) is 1.23. The van der Waals surface area contributed by atoms with Crippen LogP contribution in [-0.2, 0) is 4.79 Å². The van der Waals surface area contributed by atoms with Crippen LogP contribution in [0.15, 0.2) is 0 Å². The van der Waals surface area contributed by atoms with Crippen molar-refractivity contribution in [1.29, 1.82) is 0 Å². The highest BCUT2D eigenvalue weighted by atomic mass is 16.2. The van der Waals surface area contributed by atoms with Gasteiger partial charge in [-0.15, -0.1) is 0 Å². The summed E-state index contributed by atoms with van der Waals surface area (Å²) in [7, 11) is 4.27. The molecule has 0 aromatic carbocycles. The van der Waals surface area contributed by atoms with Crippen LogP contribution in [0.5, 0.6) is 0 Å². The highest BCUT2D eigenvalue weighted by Crippen LogP contribution is 2.20. The van der Waals surface area contributed by atoms with E-state index in [4.69, 9.17) is 0 Å². The Bertz CT molecular complexity index is 277. The fourth-order valence-electron chi connectivity index (χ4n) is 3.07. The summed E-state index contributed by atoms with van der Waals surface area (Å²) in [4.78, 5) is 16.8. The van der Waals surface area contributed by atoms with Crippen molar-refractivity contribution in [3.8, 4) is 0 Å². The fraction of sp³-hybridized carbons (Fsp3) is 0.929. The van der Waals surface area contributed by atoms with Crippen molar-refractivity contribution >= 4 is 5.91 Å². The molecule has 0 aromatic heterocycles. The molecule has 0 spiro atoms. The molecule has 0 bridgehead atoms. The molecule has 0 aliphatic carbocycles. The van der Waals surface area contributed by atoms with Crippen LogP contribution in [0.25, 0.3) is 0 Å². The van der Waals surface area contributed by atoms with E-state index in [0.717, 1.165) is 45.3 Å². The third kappa shape index (κ3) is 3.23. The van der Waals surface area contributed by atoms with Gasteiger partial charge in [-0.25, -0.2) is 0 Å². The van der Waals surface area contributed by atoms with E-state index in [2.05, 4.69) is 36.1 Å². The smallest absolute Gasteiger partial charge is 0.226 e. The highest BCUT2D eigenvalue weighted by molar-refractivity contribution is 5.79. The van der Waals surface area contributed by atoms with Gasteiger partial charge in [0.25, 0.3) is 0 Å². The van der Waals surface area contributed by atoms with Gasteiger partial charge in [0.05, 0.1) is 5.92 Å². The van der Waals surface area contributed by atoms with E-state index in [1.807, 2.05) is 0 Å². The summed E-state index contributed by atoms with van der Waals surface area (Å²) in [5.41, 5.74) is 0. The molecule has 1 amide bonds. The molecule has 2 saturated heterocycles. The van der Waals surface area contributed by atoms with Crippen molar-refractivity contribution < 1.29 is 4.79 Å². The van der Waals surface area contributed by atoms with Crippen LogP contribution in [0.2, 0.25) is 0 Å². The second-order valence-corrected chi connectivity index (χ2v) is 6.10. The van der Waals surface area contributed by atoms with Crippen LogP contribution in [0.4, 0.5) is 0 Å². The Kier molecular flexibility index (Phi) is 4.62. The van der Waals surface area contributed by atoms with Gasteiger partial charge < -0.3 is 15.1 Å². The summed E-state index contributed by atoms with van der Waals surface area (Å²) in [6.45, 7) is 4.94. The first-order valence-electron chi connectivity index (χ1n) is 7.26. The Hall–Kier alpha value is -0.610. The van der Waals surface area contributed by atoms with Gasteiger partial charge in [0.15, 0.2) is 0 Å². The molecule has 2 fully saturated rings. The van der Waals surface area contributed by atoms with E-state index in [-0.39, 0.29) is 5.92 Å². The maximum atomic E-state index is 12.4. The minimum atomic E-state index is 0.220. The minimum absolute atomic E-state index is 0.220. The number of rotatable bonds is 2. The molecular weight excluding hydrogens is 226 g/mol. The zero-order chi connectivity index (χ0) is 13.1. The van der Waals surface area contributed by atoms with E-state index >= 15 is 0 Å². The maximum absolute atomic E-state index is 12.4. The molecule has 4 nitrogen and oxygen atoms in total. The van der Waals surface area contributed by atoms with E-state index in [1.54, 1.807) is 0 Å². The average molecular weight is 253 g/mol. The van der Waals surface area contributed by atoms with Gasteiger partial charge in [-0.1, -0.05) is 0 Å². The Labute approximate surface area is 111 Å². The van der Waals surface area contributed by atoms with E-state index in [0.29, 0.717) is 18.0 Å². The lowest BCUT2D eigenvalue weighted by Gasteiger charge is -2.38. The summed E-state index contributed by atoms with van der Waals surface area (Å²) in [5, 5.41) is 3.42. The van der Waals surface area contributed by atoms with Crippen LogP contribution in [0, 0.1) is 5.92 Å². The number of nitrogens with one attached hydrogen (secondary N) is 1. The van der Waals surface area contributed by atoms with Gasteiger partial charge in [0.1, 0.15) is 0 Å². The number of piperidine rings is 2. The first-order valence-corrected chi connectivity index (χ1v) is 7.26. The summed E-state index contributed by atoms with van der Waals surface area (Å²) >= 11 is 0. The van der Waals surface area contributed by atoms with Crippen LogP contribution in [0.1, 0.15) is 32.6 Å². The van der Waals surface area contributed by atoms with Gasteiger partial charge in [-0.3, -0.25) is 4.79 Å². The van der Waals surface area contributed by atoms with Crippen molar-refractivity contribution in [2.24, 2.45) is 5.92 Å². The Morgan fingerprint density at radius 1 is 1.17 bits per heavy atom. The molecule has 2 heterocycles. The van der Waals surface area contributed by atoms with Crippen molar-refractivity contribution in [2.75, 3.05) is 33.7 Å². The van der Waals surface area contributed by atoms with Gasteiger partial charge >= 0.3 is 0 Å². The molecule has 2 atom stereocenters. The lowest BCUT2D eigenvalue weighted by Crippen LogP contribution is -2.50. The SMILES string of the molecule is CC1CCC(C(=O)N2CCC(N(C)C)CC2)CN1. The normalized spacial score (nSPS) is 30.8. The van der Waals surface area contributed by atoms with E-state index < -0.39 is 0 Å². The number of nitrogens with zero attached hydrogens (tertiary/aromatic N) is 2. The molecule has 0 aromatic rings. The second-order valence-electron chi connectivity index (χ2n) is 6.10. The zero-order valence-corrected chi connectivity index (χ0v) is 12.0. The molecule has 2 aliphatic rings. The lowest BCUT2D eigenvalue weighted by molar-refractivity contribution is -0.137. The minimum Gasteiger partial charge on any atom is -0.342 e. The molecule has 18 heavy (non-hydrogen) atoms. The van der Waals surface area contributed by atoms with Crippen molar-refractivity contribution in [1.82, 2.24) is 15.1 Å². The van der Waals surface area contributed by atoms with E-state index in [1.165, 1.54) is 0 Å². The zero-order valence-electron chi connectivity index (χ0n) is 12.0. The van der Waals surface area contributed by atoms with Gasteiger partial charge in [0, 0.05) is 31.7 Å². The molecule has 0 radical (unpaired) electrons. The largest absolute Gasteiger partial charge is 0.342 e. The number of carbonyl (C=O) groups is 1. The number of amides is 1. The Morgan fingerprint density at radius 2 is 1.83 bits per heavy atom. The Morgan fingerprint density at radius 3 is 2.33 bits per heavy atom. The van der Waals surface area contributed by atoms with Crippen molar-refractivity contribution in [3.05, 3.63) is 0 Å². The summed E-state index contributed by atoms with van der Waals surface area (Å²) in [6.07, 6.45) is 4.43. The molecule has 4 heteroatoms.